The van der Waals surface area contributed by atoms with Gasteiger partial charge < -0.3 is 5.73 Å². The van der Waals surface area contributed by atoms with Crippen molar-refractivity contribution >= 4 is 10.0 Å². The molecular weight excluding hydrogens is 284 g/mol. The number of aryl methyl sites for hydroxylation is 1. The van der Waals surface area contributed by atoms with Gasteiger partial charge in [0.25, 0.3) is 0 Å². The summed E-state index contributed by atoms with van der Waals surface area (Å²) in [6, 6.07) is 5.57. The maximum absolute atomic E-state index is 12.9. The van der Waals surface area contributed by atoms with Crippen LogP contribution in [0.2, 0.25) is 0 Å². The lowest BCUT2D eigenvalue weighted by atomic mass is 10.0. The molecule has 0 saturated carbocycles. The van der Waals surface area contributed by atoms with Gasteiger partial charge in [-0.05, 0) is 42.4 Å². The Morgan fingerprint density at radius 1 is 1.33 bits per heavy atom. The minimum Gasteiger partial charge on any atom is -0.326 e. The van der Waals surface area contributed by atoms with E-state index < -0.39 is 10.0 Å². The first-order valence-electron chi connectivity index (χ1n) is 7.84. The third kappa shape index (κ3) is 3.47. The average Bonchev–Trinajstić information content (AvgIpc) is 2.96. The Morgan fingerprint density at radius 2 is 2.10 bits per heavy atom. The van der Waals surface area contributed by atoms with E-state index in [4.69, 9.17) is 5.73 Å². The van der Waals surface area contributed by atoms with Crippen LogP contribution in [0, 0.1) is 5.92 Å². The number of rotatable bonds is 6. The minimum atomic E-state index is -3.39. The predicted molar refractivity (Wildman–Crippen MR) is 85.5 cm³/mol. The van der Waals surface area contributed by atoms with E-state index in [-0.39, 0.29) is 0 Å². The second kappa shape index (κ2) is 6.90. The Bertz CT molecular complexity index is 584. The fourth-order valence-electron chi connectivity index (χ4n) is 3.06. The number of benzene rings is 1. The van der Waals surface area contributed by atoms with Crippen LogP contribution in [-0.2, 0) is 23.0 Å². The van der Waals surface area contributed by atoms with Gasteiger partial charge in [0.2, 0.25) is 10.0 Å². The molecule has 2 rings (SSSR count). The molecule has 1 aliphatic heterocycles. The summed E-state index contributed by atoms with van der Waals surface area (Å²) in [5.41, 5.74) is 7.41. The highest BCUT2D eigenvalue weighted by molar-refractivity contribution is 7.89. The summed E-state index contributed by atoms with van der Waals surface area (Å²) >= 11 is 0. The number of sulfonamides is 1. The van der Waals surface area contributed by atoms with Gasteiger partial charge in [-0.15, -0.1) is 0 Å². The van der Waals surface area contributed by atoms with Gasteiger partial charge in [-0.1, -0.05) is 32.4 Å². The lowest BCUT2D eigenvalue weighted by Gasteiger charge is -2.19. The molecule has 0 spiro atoms. The van der Waals surface area contributed by atoms with Gasteiger partial charge in [-0.25, -0.2) is 8.42 Å². The smallest absolute Gasteiger partial charge is 0.243 e. The summed E-state index contributed by atoms with van der Waals surface area (Å²) in [5.74, 6) is 0.507. The van der Waals surface area contributed by atoms with Crippen LogP contribution in [0.15, 0.2) is 23.1 Å². The van der Waals surface area contributed by atoms with Crippen LogP contribution in [0.1, 0.15) is 44.2 Å². The van der Waals surface area contributed by atoms with E-state index in [9.17, 15) is 8.42 Å². The topological polar surface area (TPSA) is 63.4 Å². The normalized spacial score (nSPS) is 20.0. The first kappa shape index (κ1) is 16.5. The Morgan fingerprint density at radius 3 is 2.71 bits per heavy atom. The third-order valence-electron chi connectivity index (χ3n) is 4.31. The van der Waals surface area contributed by atoms with Crippen molar-refractivity contribution in [2.75, 3.05) is 13.1 Å². The van der Waals surface area contributed by atoms with Crippen molar-refractivity contribution in [2.45, 2.75) is 51.0 Å². The van der Waals surface area contributed by atoms with Gasteiger partial charge in [0.15, 0.2) is 0 Å². The molecule has 0 amide bonds. The Kier molecular flexibility index (Phi) is 5.41. The zero-order chi connectivity index (χ0) is 15.5. The van der Waals surface area contributed by atoms with Crippen molar-refractivity contribution in [2.24, 2.45) is 11.7 Å². The van der Waals surface area contributed by atoms with E-state index in [1.54, 1.807) is 10.4 Å². The minimum absolute atomic E-state index is 0.366. The molecule has 0 bridgehead atoms. The number of nitrogens with two attached hydrogens (primary N) is 1. The molecule has 5 heteroatoms. The zero-order valence-corrected chi connectivity index (χ0v) is 13.8. The van der Waals surface area contributed by atoms with Crippen molar-refractivity contribution in [1.82, 2.24) is 4.31 Å². The molecule has 1 saturated heterocycles. The van der Waals surface area contributed by atoms with Gasteiger partial charge in [0.1, 0.15) is 0 Å². The summed E-state index contributed by atoms with van der Waals surface area (Å²) in [4.78, 5) is 0.449. The average molecular weight is 310 g/mol. The lowest BCUT2D eigenvalue weighted by Crippen LogP contribution is -2.29. The summed E-state index contributed by atoms with van der Waals surface area (Å²) < 4.78 is 27.5. The second-order valence-corrected chi connectivity index (χ2v) is 7.71. The van der Waals surface area contributed by atoms with Crippen molar-refractivity contribution < 1.29 is 8.42 Å². The lowest BCUT2D eigenvalue weighted by molar-refractivity contribution is 0.444. The van der Waals surface area contributed by atoms with Gasteiger partial charge in [0, 0.05) is 19.6 Å². The largest absolute Gasteiger partial charge is 0.326 e. The molecule has 1 heterocycles. The molecule has 2 N–H and O–H groups in total. The monoisotopic (exact) mass is 310 g/mol. The number of hydrogen-bond donors (Lipinski definition) is 1. The summed E-state index contributed by atoms with van der Waals surface area (Å²) in [6.07, 6.45) is 3.91. The molecule has 4 nitrogen and oxygen atoms in total. The van der Waals surface area contributed by atoms with E-state index in [2.05, 4.69) is 6.92 Å². The van der Waals surface area contributed by atoms with Crippen molar-refractivity contribution in [3.63, 3.8) is 0 Å². The molecule has 1 aromatic carbocycles. The summed E-state index contributed by atoms with van der Waals surface area (Å²) in [6.45, 7) is 5.80. The highest BCUT2D eigenvalue weighted by Crippen LogP contribution is 2.29. The molecule has 1 atom stereocenters. The molecule has 1 fully saturated rings. The Labute approximate surface area is 128 Å². The van der Waals surface area contributed by atoms with E-state index in [0.29, 0.717) is 36.9 Å². The SMILES string of the molecule is CCCC1CCN(S(=O)(=O)c2cc(CN)ccc2CC)C1. The highest BCUT2D eigenvalue weighted by Gasteiger charge is 2.33. The van der Waals surface area contributed by atoms with Crippen molar-refractivity contribution in [3.05, 3.63) is 29.3 Å². The highest BCUT2D eigenvalue weighted by atomic mass is 32.2. The maximum Gasteiger partial charge on any atom is 0.243 e. The number of nitrogens with zero attached hydrogens (tertiary/aromatic N) is 1. The fraction of sp³-hybridized carbons (Fsp3) is 0.625. The van der Waals surface area contributed by atoms with E-state index in [0.717, 1.165) is 30.4 Å². The zero-order valence-electron chi connectivity index (χ0n) is 13.0. The van der Waals surface area contributed by atoms with Crippen molar-refractivity contribution in [1.29, 1.82) is 0 Å². The van der Waals surface area contributed by atoms with Crippen LogP contribution < -0.4 is 5.73 Å². The van der Waals surface area contributed by atoms with Crippen LogP contribution >= 0.6 is 0 Å². The van der Waals surface area contributed by atoms with Crippen LogP contribution in [0.4, 0.5) is 0 Å². The molecule has 1 unspecified atom stereocenters. The van der Waals surface area contributed by atoms with Gasteiger partial charge in [-0.2, -0.15) is 4.31 Å². The quantitative estimate of drug-likeness (QED) is 0.878. The predicted octanol–water partition coefficient (Wildman–Crippen LogP) is 2.52. The molecule has 21 heavy (non-hydrogen) atoms. The molecule has 118 valence electrons. The van der Waals surface area contributed by atoms with E-state index in [1.165, 1.54) is 0 Å². The first-order chi connectivity index (χ1) is 10.0. The van der Waals surface area contributed by atoms with Crippen LogP contribution in [0.3, 0.4) is 0 Å². The van der Waals surface area contributed by atoms with Crippen LogP contribution in [-0.4, -0.2) is 25.8 Å². The molecular formula is C16H26N2O2S. The molecule has 1 aromatic rings. The maximum atomic E-state index is 12.9. The Hall–Kier alpha value is -0.910. The molecule has 0 aromatic heterocycles. The number of hydrogen-bond acceptors (Lipinski definition) is 3. The second-order valence-electron chi connectivity index (χ2n) is 5.81. The van der Waals surface area contributed by atoms with Crippen LogP contribution in [0.5, 0.6) is 0 Å². The van der Waals surface area contributed by atoms with Gasteiger partial charge in [-0.3, -0.25) is 0 Å². The van der Waals surface area contributed by atoms with E-state index >= 15 is 0 Å². The fourth-order valence-corrected chi connectivity index (χ4v) is 4.93. The molecule has 0 aliphatic carbocycles. The van der Waals surface area contributed by atoms with Gasteiger partial charge >= 0.3 is 0 Å². The Balaban J connectivity index is 2.31. The summed E-state index contributed by atoms with van der Waals surface area (Å²) in [5, 5.41) is 0. The molecule has 0 radical (unpaired) electrons. The first-order valence-corrected chi connectivity index (χ1v) is 9.28. The standard InChI is InChI=1S/C16H26N2O2S/c1-3-5-13-8-9-18(12-13)21(19,20)16-10-14(11-17)6-7-15(16)4-2/h6-7,10,13H,3-5,8-9,11-12,17H2,1-2H3. The molecule has 1 aliphatic rings. The third-order valence-corrected chi connectivity index (χ3v) is 6.26. The van der Waals surface area contributed by atoms with E-state index in [1.807, 2.05) is 19.1 Å². The van der Waals surface area contributed by atoms with Crippen molar-refractivity contribution in [3.8, 4) is 0 Å². The van der Waals surface area contributed by atoms with Crippen LogP contribution in [0.25, 0.3) is 0 Å². The van der Waals surface area contributed by atoms with Gasteiger partial charge in [0.05, 0.1) is 4.90 Å². The summed E-state index contributed by atoms with van der Waals surface area (Å²) in [7, 11) is -3.39.